The molecule has 0 aromatic carbocycles. The number of aldehydes is 1. The van der Waals surface area contributed by atoms with Crippen LogP contribution in [-0.2, 0) is 4.79 Å². The summed E-state index contributed by atoms with van der Waals surface area (Å²) in [6, 6.07) is 0. The highest BCUT2D eigenvalue weighted by Crippen LogP contribution is 2.41. The van der Waals surface area contributed by atoms with E-state index in [0.29, 0.717) is 10.1 Å². The third-order valence-corrected chi connectivity index (χ3v) is 3.41. The second kappa shape index (κ2) is 3.41. The SMILES string of the molecule is CC1(Cl)C(Cl)=C(Cl)C=CC1C=O. The van der Waals surface area contributed by atoms with Crippen molar-refractivity contribution in [3.8, 4) is 0 Å². The van der Waals surface area contributed by atoms with E-state index in [4.69, 9.17) is 34.8 Å². The van der Waals surface area contributed by atoms with Crippen molar-refractivity contribution in [1.82, 2.24) is 0 Å². The molecule has 2 atom stereocenters. The fourth-order valence-corrected chi connectivity index (χ4v) is 1.73. The van der Waals surface area contributed by atoms with Gasteiger partial charge in [-0.3, -0.25) is 0 Å². The molecule has 0 fully saturated rings. The Labute approximate surface area is 86.0 Å². The molecule has 1 aliphatic rings. The molecule has 0 aromatic heterocycles. The maximum atomic E-state index is 10.6. The number of hydrogen-bond donors (Lipinski definition) is 0. The molecule has 0 spiro atoms. The van der Waals surface area contributed by atoms with Crippen LogP contribution in [0.1, 0.15) is 6.92 Å². The van der Waals surface area contributed by atoms with Gasteiger partial charge in [-0.25, -0.2) is 0 Å². The zero-order valence-corrected chi connectivity index (χ0v) is 8.62. The molecule has 0 saturated carbocycles. The normalized spacial score (nSPS) is 35.5. The van der Waals surface area contributed by atoms with Gasteiger partial charge >= 0.3 is 0 Å². The lowest BCUT2D eigenvalue weighted by molar-refractivity contribution is -0.110. The Morgan fingerprint density at radius 2 is 2.17 bits per heavy atom. The van der Waals surface area contributed by atoms with Crippen LogP contribution >= 0.6 is 34.8 Å². The van der Waals surface area contributed by atoms with E-state index >= 15 is 0 Å². The van der Waals surface area contributed by atoms with E-state index in [2.05, 4.69) is 0 Å². The van der Waals surface area contributed by atoms with Crippen LogP contribution in [0, 0.1) is 5.92 Å². The molecule has 0 aromatic rings. The highest BCUT2D eigenvalue weighted by molar-refractivity contribution is 6.46. The Morgan fingerprint density at radius 3 is 2.67 bits per heavy atom. The van der Waals surface area contributed by atoms with Crippen molar-refractivity contribution in [3.05, 3.63) is 22.2 Å². The smallest absolute Gasteiger partial charge is 0.128 e. The molecular formula is C8H7Cl3O. The standard InChI is InChI=1S/C8H7Cl3O/c1-8(11)5(4-12)2-3-6(9)7(8)10/h2-5H,1H3. The quantitative estimate of drug-likeness (QED) is 0.495. The summed E-state index contributed by atoms with van der Waals surface area (Å²) < 4.78 is 0. The molecule has 66 valence electrons. The van der Waals surface area contributed by atoms with Gasteiger partial charge < -0.3 is 4.79 Å². The van der Waals surface area contributed by atoms with Crippen LogP contribution in [0.2, 0.25) is 0 Å². The lowest BCUT2D eigenvalue weighted by Gasteiger charge is -2.28. The van der Waals surface area contributed by atoms with Crippen LogP contribution in [0.15, 0.2) is 22.2 Å². The Bertz CT molecular complexity index is 265. The molecule has 1 rings (SSSR count). The van der Waals surface area contributed by atoms with Gasteiger partial charge in [0.2, 0.25) is 0 Å². The van der Waals surface area contributed by atoms with Crippen molar-refractivity contribution in [1.29, 1.82) is 0 Å². The van der Waals surface area contributed by atoms with Crippen molar-refractivity contribution < 1.29 is 4.79 Å². The maximum absolute atomic E-state index is 10.6. The topological polar surface area (TPSA) is 17.1 Å². The molecule has 0 amide bonds. The van der Waals surface area contributed by atoms with Crippen LogP contribution < -0.4 is 0 Å². The molecule has 12 heavy (non-hydrogen) atoms. The molecule has 0 radical (unpaired) electrons. The number of rotatable bonds is 1. The highest BCUT2D eigenvalue weighted by Gasteiger charge is 2.37. The first kappa shape index (κ1) is 10.1. The van der Waals surface area contributed by atoms with Gasteiger partial charge in [0.1, 0.15) is 6.29 Å². The molecule has 0 heterocycles. The van der Waals surface area contributed by atoms with Crippen molar-refractivity contribution in [2.75, 3.05) is 0 Å². The highest BCUT2D eigenvalue weighted by atomic mass is 35.5. The maximum Gasteiger partial charge on any atom is 0.128 e. The molecule has 1 aliphatic carbocycles. The number of halogens is 3. The second-order valence-corrected chi connectivity index (χ2v) is 4.33. The zero-order valence-electron chi connectivity index (χ0n) is 6.35. The summed E-state index contributed by atoms with van der Waals surface area (Å²) in [5.41, 5.74) is 0. The van der Waals surface area contributed by atoms with Gasteiger partial charge in [-0.1, -0.05) is 29.3 Å². The lowest BCUT2D eigenvalue weighted by atomic mass is 9.90. The zero-order chi connectivity index (χ0) is 9.35. The van der Waals surface area contributed by atoms with Gasteiger partial charge in [0.15, 0.2) is 0 Å². The van der Waals surface area contributed by atoms with E-state index in [-0.39, 0.29) is 0 Å². The predicted molar refractivity (Wildman–Crippen MR) is 51.7 cm³/mol. The summed E-state index contributed by atoms with van der Waals surface area (Å²) in [6.45, 7) is 1.67. The molecule has 0 bridgehead atoms. The Kier molecular flexibility index (Phi) is 2.87. The Hall–Kier alpha value is 0.0200. The average molecular weight is 226 g/mol. The first-order chi connectivity index (χ1) is 5.50. The van der Waals surface area contributed by atoms with E-state index in [1.807, 2.05) is 0 Å². The van der Waals surface area contributed by atoms with E-state index in [1.165, 1.54) is 0 Å². The largest absolute Gasteiger partial charge is 0.303 e. The number of carbonyl (C=O) groups is 1. The second-order valence-electron chi connectivity index (χ2n) is 2.76. The molecule has 0 N–H and O–H groups in total. The fraction of sp³-hybridized carbons (Fsp3) is 0.375. The summed E-state index contributed by atoms with van der Waals surface area (Å²) in [5.74, 6) is -0.408. The molecule has 4 heteroatoms. The predicted octanol–water partition coefficient (Wildman–Crippen LogP) is 3.06. The van der Waals surface area contributed by atoms with Gasteiger partial charge in [-0.05, 0) is 13.0 Å². The minimum Gasteiger partial charge on any atom is -0.303 e. The van der Waals surface area contributed by atoms with Gasteiger partial charge in [0, 0.05) is 0 Å². The first-order valence-corrected chi connectivity index (χ1v) is 4.51. The van der Waals surface area contributed by atoms with Crippen molar-refractivity contribution in [2.45, 2.75) is 11.8 Å². The van der Waals surface area contributed by atoms with Crippen LogP contribution in [0.25, 0.3) is 0 Å². The summed E-state index contributed by atoms with van der Waals surface area (Å²) in [7, 11) is 0. The van der Waals surface area contributed by atoms with E-state index < -0.39 is 10.8 Å². The summed E-state index contributed by atoms with van der Waals surface area (Å²) in [6.07, 6.45) is 4.00. The van der Waals surface area contributed by atoms with Crippen molar-refractivity contribution in [2.24, 2.45) is 5.92 Å². The van der Waals surface area contributed by atoms with E-state index in [9.17, 15) is 4.79 Å². The van der Waals surface area contributed by atoms with E-state index in [0.717, 1.165) is 6.29 Å². The van der Waals surface area contributed by atoms with Gasteiger partial charge in [0.05, 0.1) is 20.9 Å². The van der Waals surface area contributed by atoms with Gasteiger partial charge in [0.25, 0.3) is 0 Å². The van der Waals surface area contributed by atoms with Crippen LogP contribution in [0.3, 0.4) is 0 Å². The Balaban J connectivity index is 3.10. The number of hydrogen-bond acceptors (Lipinski definition) is 1. The summed E-state index contributed by atoms with van der Waals surface area (Å²) >= 11 is 17.6. The summed E-state index contributed by atoms with van der Waals surface area (Å²) in [5, 5.41) is 0.720. The van der Waals surface area contributed by atoms with E-state index in [1.54, 1.807) is 19.1 Å². The summed E-state index contributed by atoms with van der Waals surface area (Å²) in [4.78, 5) is 9.67. The lowest BCUT2D eigenvalue weighted by Crippen LogP contribution is -2.31. The van der Waals surface area contributed by atoms with Crippen LogP contribution in [0.5, 0.6) is 0 Å². The molecule has 0 aliphatic heterocycles. The molecule has 2 unspecified atom stereocenters. The number of carbonyl (C=O) groups excluding carboxylic acids is 1. The third-order valence-electron chi connectivity index (χ3n) is 1.86. The molecular weight excluding hydrogens is 218 g/mol. The van der Waals surface area contributed by atoms with Crippen molar-refractivity contribution in [3.63, 3.8) is 0 Å². The first-order valence-electron chi connectivity index (χ1n) is 3.38. The van der Waals surface area contributed by atoms with Gasteiger partial charge in [-0.15, -0.1) is 11.6 Å². The number of allylic oxidation sites excluding steroid dienone is 4. The van der Waals surface area contributed by atoms with Crippen LogP contribution in [-0.4, -0.2) is 11.2 Å². The monoisotopic (exact) mass is 224 g/mol. The van der Waals surface area contributed by atoms with Crippen LogP contribution in [0.4, 0.5) is 0 Å². The minimum absolute atomic E-state index is 0.324. The van der Waals surface area contributed by atoms with Crippen molar-refractivity contribution >= 4 is 41.1 Å². The minimum atomic E-state index is -0.894. The van der Waals surface area contributed by atoms with Gasteiger partial charge in [-0.2, -0.15) is 0 Å². The third kappa shape index (κ3) is 1.54. The Morgan fingerprint density at radius 1 is 1.58 bits per heavy atom. The fourth-order valence-electron chi connectivity index (χ4n) is 0.995. The molecule has 0 saturated heterocycles. The average Bonchev–Trinajstić information content (AvgIpc) is 2.01. The molecule has 1 nitrogen and oxygen atoms in total. The number of alkyl halides is 1.